The van der Waals surface area contributed by atoms with Crippen molar-refractivity contribution in [1.82, 2.24) is 15.1 Å². The zero-order valence-corrected chi connectivity index (χ0v) is 12.5. The van der Waals surface area contributed by atoms with Gasteiger partial charge in [-0.2, -0.15) is 0 Å². The summed E-state index contributed by atoms with van der Waals surface area (Å²) in [6, 6.07) is 10.6. The fourth-order valence-corrected chi connectivity index (χ4v) is 2.35. The minimum atomic E-state index is 0.0815. The van der Waals surface area contributed by atoms with Crippen molar-refractivity contribution in [2.24, 2.45) is 5.92 Å². The van der Waals surface area contributed by atoms with Crippen LogP contribution >= 0.6 is 0 Å². The lowest BCUT2D eigenvalue weighted by molar-refractivity contribution is 0.135. The van der Waals surface area contributed by atoms with Crippen LogP contribution in [0.2, 0.25) is 0 Å². The minimum absolute atomic E-state index is 0.0815. The van der Waals surface area contributed by atoms with Crippen molar-refractivity contribution in [3.8, 4) is 0 Å². The molecule has 1 aromatic rings. The number of rotatable bonds is 4. The zero-order chi connectivity index (χ0) is 14.4. The van der Waals surface area contributed by atoms with Crippen LogP contribution in [0.1, 0.15) is 19.4 Å². The summed E-state index contributed by atoms with van der Waals surface area (Å²) in [5.74, 6) is 0.498. The van der Waals surface area contributed by atoms with Crippen LogP contribution in [0.5, 0.6) is 0 Å². The normalized spacial score (nSPS) is 16.4. The van der Waals surface area contributed by atoms with Crippen molar-refractivity contribution in [3.05, 3.63) is 35.9 Å². The predicted molar refractivity (Wildman–Crippen MR) is 81.5 cm³/mol. The molecule has 0 aromatic heterocycles. The second-order valence-electron chi connectivity index (χ2n) is 5.83. The molecule has 1 aliphatic rings. The number of carbonyl (C=O) groups is 1. The highest BCUT2D eigenvalue weighted by atomic mass is 16.2. The molecule has 1 fully saturated rings. The van der Waals surface area contributed by atoms with Crippen molar-refractivity contribution >= 4 is 6.03 Å². The number of benzene rings is 1. The lowest BCUT2D eigenvalue weighted by Gasteiger charge is -2.34. The number of hydrogen-bond donors (Lipinski definition) is 1. The van der Waals surface area contributed by atoms with Gasteiger partial charge in [-0.25, -0.2) is 4.79 Å². The SMILES string of the molecule is CC(C)CNC(=O)N1CCN(Cc2ccccc2)CC1. The van der Waals surface area contributed by atoms with Gasteiger partial charge in [-0.1, -0.05) is 44.2 Å². The smallest absolute Gasteiger partial charge is 0.317 e. The highest BCUT2D eigenvalue weighted by molar-refractivity contribution is 5.74. The van der Waals surface area contributed by atoms with Crippen molar-refractivity contribution in [1.29, 1.82) is 0 Å². The molecule has 1 saturated heterocycles. The third-order valence-electron chi connectivity index (χ3n) is 3.57. The molecule has 20 heavy (non-hydrogen) atoms. The molecule has 0 spiro atoms. The third-order valence-corrected chi connectivity index (χ3v) is 3.57. The van der Waals surface area contributed by atoms with Gasteiger partial charge in [0.25, 0.3) is 0 Å². The van der Waals surface area contributed by atoms with E-state index >= 15 is 0 Å². The first kappa shape index (κ1) is 14.9. The van der Waals surface area contributed by atoms with Crippen molar-refractivity contribution < 1.29 is 4.79 Å². The molecule has 1 N–H and O–H groups in total. The second kappa shape index (κ2) is 7.29. The Bertz CT molecular complexity index is 411. The van der Waals surface area contributed by atoms with Crippen molar-refractivity contribution in [2.75, 3.05) is 32.7 Å². The second-order valence-corrected chi connectivity index (χ2v) is 5.83. The highest BCUT2D eigenvalue weighted by Crippen LogP contribution is 2.08. The number of nitrogens with one attached hydrogen (secondary N) is 1. The minimum Gasteiger partial charge on any atom is -0.338 e. The molecule has 0 bridgehead atoms. The molecule has 0 unspecified atom stereocenters. The van der Waals surface area contributed by atoms with E-state index in [2.05, 4.69) is 48.3 Å². The monoisotopic (exact) mass is 275 g/mol. The van der Waals surface area contributed by atoms with Crippen LogP contribution in [0.4, 0.5) is 4.79 Å². The van der Waals surface area contributed by atoms with Gasteiger partial charge >= 0.3 is 6.03 Å². The average Bonchev–Trinajstić information content (AvgIpc) is 2.46. The lowest BCUT2D eigenvalue weighted by Crippen LogP contribution is -2.51. The summed E-state index contributed by atoms with van der Waals surface area (Å²) < 4.78 is 0. The Morgan fingerprint density at radius 2 is 1.80 bits per heavy atom. The summed E-state index contributed by atoms with van der Waals surface area (Å²) in [6.45, 7) is 9.48. The maximum absolute atomic E-state index is 12.0. The maximum atomic E-state index is 12.0. The molecule has 0 radical (unpaired) electrons. The van der Waals surface area contributed by atoms with Crippen molar-refractivity contribution in [2.45, 2.75) is 20.4 Å². The maximum Gasteiger partial charge on any atom is 0.317 e. The van der Waals surface area contributed by atoms with E-state index in [4.69, 9.17) is 0 Å². The first-order valence-electron chi connectivity index (χ1n) is 7.44. The number of piperazine rings is 1. The predicted octanol–water partition coefficient (Wildman–Crippen LogP) is 2.17. The summed E-state index contributed by atoms with van der Waals surface area (Å²) in [4.78, 5) is 16.3. The van der Waals surface area contributed by atoms with E-state index in [0.717, 1.165) is 39.3 Å². The number of carbonyl (C=O) groups excluding carboxylic acids is 1. The van der Waals surface area contributed by atoms with Gasteiger partial charge in [-0.05, 0) is 11.5 Å². The first-order valence-corrected chi connectivity index (χ1v) is 7.44. The van der Waals surface area contributed by atoms with E-state index in [-0.39, 0.29) is 6.03 Å². The van der Waals surface area contributed by atoms with Crippen LogP contribution in [0, 0.1) is 5.92 Å². The number of hydrogen-bond acceptors (Lipinski definition) is 2. The van der Waals surface area contributed by atoms with Crippen LogP contribution in [0.25, 0.3) is 0 Å². The van der Waals surface area contributed by atoms with Gasteiger partial charge < -0.3 is 10.2 Å². The molecule has 1 heterocycles. The van der Waals surface area contributed by atoms with Gasteiger partial charge in [0.05, 0.1) is 0 Å². The summed E-state index contributed by atoms with van der Waals surface area (Å²) in [7, 11) is 0. The molecular weight excluding hydrogens is 250 g/mol. The number of amides is 2. The molecule has 0 atom stereocenters. The van der Waals surface area contributed by atoms with E-state index in [0.29, 0.717) is 5.92 Å². The summed E-state index contributed by atoms with van der Waals surface area (Å²) in [5, 5.41) is 2.98. The Morgan fingerprint density at radius 3 is 2.40 bits per heavy atom. The molecule has 1 aromatic carbocycles. The van der Waals surface area contributed by atoms with E-state index in [1.54, 1.807) is 0 Å². The fourth-order valence-electron chi connectivity index (χ4n) is 2.35. The van der Waals surface area contributed by atoms with Crippen molar-refractivity contribution in [3.63, 3.8) is 0 Å². The molecule has 4 heteroatoms. The van der Waals surface area contributed by atoms with E-state index in [1.807, 2.05) is 11.0 Å². The lowest BCUT2D eigenvalue weighted by atomic mass is 10.2. The van der Waals surface area contributed by atoms with Gasteiger partial charge in [-0.15, -0.1) is 0 Å². The summed E-state index contributed by atoms with van der Waals surface area (Å²) >= 11 is 0. The first-order chi connectivity index (χ1) is 9.65. The van der Waals surface area contributed by atoms with Crippen LogP contribution in [-0.4, -0.2) is 48.6 Å². The fraction of sp³-hybridized carbons (Fsp3) is 0.562. The average molecular weight is 275 g/mol. The Labute approximate surface area is 121 Å². The molecule has 2 rings (SSSR count). The van der Waals surface area contributed by atoms with E-state index in [9.17, 15) is 4.79 Å². The quantitative estimate of drug-likeness (QED) is 0.914. The van der Waals surface area contributed by atoms with Crippen LogP contribution in [0.3, 0.4) is 0 Å². The molecule has 0 aliphatic carbocycles. The van der Waals surface area contributed by atoms with Gasteiger partial charge in [-0.3, -0.25) is 4.90 Å². The van der Waals surface area contributed by atoms with Crippen LogP contribution in [-0.2, 0) is 6.54 Å². The summed E-state index contributed by atoms with van der Waals surface area (Å²) in [6.07, 6.45) is 0. The molecule has 0 saturated carbocycles. The zero-order valence-electron chi connectivity index (χ0n) is 12.5. The molecule has 2 amide bonds. The van der Waals surface area contributed by atoms with Gasteiger partial charge in [0, 0.05) is 39.3 Å². The third kappa shape index (κ3) is 4.53. The van der Waals surface area contributed by atoms with Crippen LogP contribution < -0.4 is 5.32 Å². The molecule has 1 aliphatic heterocycles. The van der Waals surface area contributed by atoms with Crippen LogP contribution in [0.15, 0.2) is 30.3 Å². The Balaban J connectivity index is 1.73. The van der Waals surface area contributed by atoms with E-state index in [1.165, 1.54) is 5.56 Å². The number of urea groups is 1. The van der Waals surface area contributed by atoms with Gasteiger partial charge in [0.2, 0.25) is 0 Å². The molecular formula is C16H25N3O. The standard InChI is InChI=1S/C16H25N3O/c1-14(2)12-17-16(20)19-10-8-18(9-11-19)13-15-6-4-3-5-7-15/h3-7,14H,8-13H2,1-2H3,(H,17,20). The number of nitrogens with zero attached hydrogens (tertiary/aromatic N) is 2. The topological polar surface area (TPSA) is 35.6 Å². The Morgan fingerprint density at radius 1 is 1.15 bits per heavy atom. The Hall–Kier alpha value is -1.55. The van der Waals surface area contributed by atoms with Gasteiger partial charge in [0.1, 0.15) is 0 Å². The largest absolute Gasteiger partial charge is 0.338 e. The van der Waals surface area contributed by atoms with Gasteiger partial charge in [0.15, 0.2) is 0 Å². The van der Waals surface area contributed by atoms with E-state index < -0.39 is 0 Å². The summed E-state index contributed by atoms with van der Waals surface area (Å²) in [5.41, 5.74) is 1.34. The molecule has 110 valence electrons. The Kier molecular flexibility index (Phi) is 5.41. The highest BCUT2D eigenvalue weighted by Gasteiger charge is 2.20. The molecule has 4 nitrogen and oxygen atoms in total.